The molecular formula is C17H18F3NO. The zero-order valence-electron chi connectivity index (χ0n) is 12.2. The number of benzene rings is 2. The molecule has 2 rings (SSSR count). The molecule has 1 unspecified atom stereocenters. The number of hydrogen-bond donors (Lipinski definition) is 1. The fourth-order valence-electron chi connectivity index (χ4n) is 2.20. The quantitative estimate of drug-likeness (QED) is 0.883. The van der Waals surface area contributed by atoms with E-state index < -0.39 is 11.7 Å². The van der Waals surface area contributed by atoms with Gasteiger partial charge in [0.15, 0.2) is 0 Å². The van der Waals surface area contributed by atoms with Crippen LogP contribution in [0.4, 0.5) is 13.2 Å². The number of ether oxygens (including phenoxy) is 1. The number of halogens is 3. The second-order valence-electron chi connectivity index (χ2n) is 5.12. The first-order valence-corrected chi connectivity index (χ1v) is 7.00. The van der Waals surface area contributed by atoms with Crippen LogP contribution in [0.25, 0.3) is 0 Å². The van der Waals surface area contributed by atoms with E-state index in [1.54, 1.807) is 0 Å². The van der Waals surface area contributed by atoms with Gasteiger partial charge in [0.25, 0.3) is 0 Å². The van der Waals surface area contributed by atoms with E-state index in [0.29, 0.717) is 18.7 Å². The number of alkyl halides is 3. The molecule has 0 spiro atoms. The van der Waals surface area contributed by atoms with E-state index >= 15 is 0 Å². The van der Waals surface area contributed by atoms with Crippen molar-refractivity contribution in [3.05, 3.63) is 65.2 Å². The maximum atomic E-state index is 12.6. The molecule has 2 nitrogen and oxygen atoms in total. The Morgan fingerprint density at radius 3 is 2.32 bits per heavy atom. The summed E-state index contributed by atoms with van der Waals surface area (Å²) in [4.78, 5) is 0. The zero-order chi connectivity index (χ0) is 16.2. The Hall–Kier alpha value is -2.01. The first kappa shape index (κ1) is 16.4. The highest BCUT2D eigenvalue weighted by molar-refractivity contribution is 5.31. The SMILES string of the molecule is Cc1cccc(C(CCN)Oc2ccc(C(F)(F)F)cc2)c1. The van der Waals surface area contributed by atoms with Gasteiger partial charge >= 0.3 is 6.18 Å². The van der Waals surface area contributed by atoms with Crippen LogP contribution in [0, 0.1) is 6.92 Å². The van der Waals surface area contributed by atoms with E-state index in [1.807, 2.05) is 31.2 Å². The average molecular weight is 309 g/mol. The summed E-state index contributed by atoms with van der Waals surface area (Å²) in [6.07, 6.45) is -4.03. The smallest absolute Gasteiger partial charge is 0.416 e. The van der Waals surface area contributed by atoms with Gasteiger partial charge < -0.3 is 10.5 Å². The largest absolute Gasteiger partial charge is 0.486 e. The third-order valence-electron chi connectivity index (χ3n) is 3.30. The van der Waals surface area contributed by atoms with E-state index in [4.69, 9.17) is 10.5 Å². The van der Waals surface area contributed by atoms with Crippen LogP contribution in [0.3, 0.4) is 0 Å². The summed E-state index contributed by atoms with van der Waals surface area (Å²) >= 11 is 0. The predicted molar refractivity (Wildman–Crippen MR) is 79.7 cm³/mol. The molecule has 22 heavy (non-hydrogen) atoms. The normalized spacial score (nSPS) is 13.0. The van der Waals surface area contributed by atoms with Crippen molar-refractivity contribution < 1.29 is 17.9 Å². The Morgan fingerprint density at radius 2 is 1.77 bits per heavy atom. The maximum Gasteiger partial charge on any atom is 0.416 e. The summed E-state index contributed by atoms with van der Waals surface area (Å²) in [5, 5.41) is 0. The summed E-state index contributed by atoms with van der Waals surface area (Å²) in [7, 11) is 0. The molecule has 0 radical (unpaired) electrons. The van der Waals surface area contributed by atoms with Crippen LogP contribution in [-0.4, -0.2) is 6.54 Å². The highest BCUT2D eigenvalue weighted by Gasteiger charge is 2.30. The fraction of sp³-hybridized carbons (Fsp3) is 0.294. The Labute approximate surface area is 127 Å². The lowest BCUT2D eigenvalue weighted by Gasteiger charge is -2.20. The Kier molecular flexibility index (Phi) is 5.08. The van der Waals surface area contributed by atoms with Gasteiger partial charge in [0.1, 0.15) is 11.9 Å². The Bertz CT molecular complexity index is 608. The molecule has 2 aromatic rings. The van der Waals surface area contributed by atoms with Crippen molar-refractivity contribution in [2.75, 3.05) is 6.54 Å². The molecule has 5 heteroatoms. The molecule has 2 N–H and O–H groups in total. The summed E-state index contributed by atoms with van der Waals surface area (Å²) in [5.74, 6) is 0.396. The lowest BCUT2D eigenvalue weighted by atomic mass is 10.0. The van der Waals surface area contributed by atoms with E-state index in [2.05, 4.69) is 0 Å². The van der Waals surface area contributed by atoms with E-state index in [1.165, 1.54) is 12.1 Å². The van der Waals surface area contributed by atoms with Crippen molar-refractivity contribution in [1.82, 2.24) is 0 Å². The van der Waals surface area contributed by atoms with E-state index in [9.17, 15) is 13.2 Å². The molecule has 0 aliphatic heterocycles. The van der Waals surface area contributed by atoms with Crippen molar-refractivity contribution in [1.29, 1.82) is 0 Å². The molecule has 0 aliphatic carbocycles. The molecule has 0 saturated carbocycles. The van der Waals surface area contributed by atoms with Gasteiger partial charge in [0, 0.05) is 6.42 Å². The van der Waals surface area contributed by atoms with Gasteiger partial charge in [-0.3, -0.25) is 0 Å². The Balaban J connectivity index is 2.18. The number of rotatable bonds is 5. The third-order valence-corrected chi connectivity index (χ3v) is 3.30. The van der Waals surface area contributed by atoms with Crippen molar-refractivity contribution in [3.63, 3.8) is 0 Å². The first-order valence-electron chi connectivity index (χ1n) is 7.00. The maximum absolute atomic E-state index is 12.6. The van der Waals surface area contributed by atoms with Gasteiger partial charge in [-0.15, -0.1) is 0 Å². The lowest BCUT2D eigenvalue weighted by Crippen LogP contribution is -2.13. The number of hydrogen-bond acceptors (Lipinski definition) is 2. The van der Waals surface area contributed by atoms with Crippen LogP contribution in [0.1, 0.15) is 29.2 Å². The zero-order valence-corrected chi connectivity index (χ0v) is 12.2. The van der Waals surface area contributed by atoms with Crippen LogP contribution in [0.15, 0.2) is 48.5 Å². The van der Waals surface area contributed by atoms with Gasteiger partial charge in [0.2, 0.25) is 0 Å². The second-order valence-corrected chi connectivity index (χ2v) is 5.12. The minimum atomic E-state index is -4.34. The van der Waals surface area contributed by atoms with Crippen molar-refractivity contribution in [2.24, 2.45) is 5.73 Å². The second kappa shape index (κ2) is 6.83. The standard InChI is InChI=1S/C17H18F3NO/c1-12-3-2-4-13(11-12)16(9-10-21)22-15-7-5-14(6-8-15)17(18,19)20/h2-8,11,16H,9-10,21H2,1H3. The highest BCUT2D eigenvalue weighted by atomic mass is 19.4. The first-order chi connectivity index (χ1) is 10.4. The van der Waals surface area contributed by atoms with Gasteiger partial charge in [-0.05, 0) is 43.3 Å². The third kappa shape index (κ3) is 4.24. The van der Waals surface area contributed by atoms with Crippen LogP contribution in [0.5, 0.6) is 5.75 Å². The molecule has 0 saturated heterocycles. The number of aryl methyl sites for hydroxylation is 1. The highest BCUT2D eigenvalue weighted by Crippen LogP contribution is 2.31. The van der Waals surface area contributed by atoms with E-state index in [0.717, 1.165) is 23.3 Å². The molecule has 2 aromatic carbocycles. The molecule has 1 atom stereocenters. The summed E-state index contributed by atoms with van der Waals surface area (Å²) in [5.41, 5.74) is 6.98. The van der Waals surface area contributed by atoms with Gasteiger partial charge in [-0.1, -0.05) is 29.8 Å². The minimum absolute atomic E-state index is 0.276. The molecule has 0 fully saturated rings. The summed E-state index contributed by atoms with van der Waals surface area (Å²) in [6, 6.07) is 12.5. The van der Waals surface area contributed by atoms with Gasteiger partial charge in [-0.2, -0.15) is 13.2 Å². The van der Waals surface area contributed by atoms with Crippen molar-refractivity contribution >= 4 is 0 Å². The lowest BCUT2D eigenvalue weighted by molar-refractivity contribution is -0.137. The van der Waals surface area contributed by atoms with Crippen LogP contribution in [0.2, 0.25) is 0 Å². The number of nitrogens with two attached hydrogens (primary N) is 1. The Morgan fingerprint density at radius 1 is 1.09 bits per heavy atom. The molecule has 118 valence electrons. The van der Waals surface area contributed by atoms with Gasteiger partial charge in [-0.25, -0.2) is 0 Å². The molecule has 0 aliphatic rings. The molecule has 0 amide bonds. The topological polar surface area (TPSA) is 35.2 Å². The predicted octanol–water partition coefficient (Wildman–Crippen LogP) is 4.48. The van der Waals surface area contributed by atoms with Crippen LogP contribution >= 0.6 is 0 Å². The molecule has 0 heterocycles. The fourth-order valence-corrected chi connectivity index (χ4v) is 2.20. The van der Waals surface area contributed by atoms with Crippen molar-refractivity contribution in [2.45, 2.75) is 25.6 Å². The average Bonchev–Trinajstić information content (AvgIpc) is 2.46. The van der Waals surface area contributed by atoms with E-state index in [-0.39, 0.29) is 6.10 Å². The summed E-state index contributed by atoms with van der Waals surface area (Å²) in [6.45, 7) is 2.40. The minimum Gasteiger partial charge on any atom is -0.486 e. The van der Waals surface area contributed by atoms with Crippen LogP contribution in [-0.2, 0) is 6.18 Å². The van der Waals surface area contributed by atoms with Crippen LogP contribution < -0.4 is 10.5 Å². The molecule has 0 aromatic heterocycles. The molecular weight excluding hydrogens is 291 g/mol. The molecule has 0 bridgehead atoms. The summed E-state index contributed by atoms with van der Waals surface area (Å²) < 4.78 is 43.5. The van der Waals surface area contributed by atoms with Crippen molar-refractivity contribution in [3.8, 4) is 5.75 Å². The monoisotopic (exact) mass is 309 g/mol. The van der Waals surface area contributed by atoms with Gasteiger partial charge in [0.05, 0.1) is 5.56 Å².